The van der Waals surface area contributed by atoms with Gasteiger partial charge in [-0.3, -0.25) is 14.4 Å². The number of aryl methyl sites for hydroxylation is 2. The van der Waals surface area contributed by atoms with E-state index in [4.69, 9.17) is 4.52 Å². The van der Waals surface area contributed by atoms with Gasteiger partial charge in [0, 0.05) is 63.2 Å². The van der Waals surface area contributed by atoms with Crippen LogP contribution in [-0.2, 0) is 16.6 Å². The van der Waals surface area contributed by atoms with Crippen LogP contribution in [0.1, 0.15) is 56.2 Å². The molecule has 1 spiro atoms. The lowest BCUT2D eigenvalue weighted by molar-refractivity contribution is -0.141. The molecule has 0 unspecified atom stereocenters. The van der Waals surface area contributed by atoms with Crippen LogP contribution in [0.3, 0.4) is 0 Å². The number of hydrogen-bond donors (Lipinski definition) is 3. The summed E-state index contributed by atoms with van der Waals surface area (Å²) in [6.45, 7) is 10.6. The molecule has 4 atom stereocenters. The van der Waals surface area contributed by atoms with Crippen LogP contribution in [0, 0.1) is 18.3 Å². The van der Waals surface area contributed by atoms with Crippen molar-refractivity contribution in [3.05, 3.63) is 99.6 Å². The van der Waals surface area contributed by atoms with Crippen LogP contribution in [0.4, 0.5) is 11.5 Å². The molecule has 3 aliphatic heterocycles. The molecule has 3 fully saturated rings. The number of aliphatic hydroxyl groups is 1. The number of fused-ring (bicyclic) bond motifs is 1. The van der Waals surface area contributed by atoms with Gasteiger partial charge in [-0.25, -0.2) is 4.98 Å². The number of phenolic OH excluding ortho intramolecular Hbond substituents is 1. The van der Waals surface area contributed by atoms with Crippen molar-refractivity contribution in [1.82, 2.24) is 35.1 Å². The van der Waals surface area contributed by atoms with Crippen molar-refractivity contribution in [2.24, 2.45) is 18.4 Å². The largest absolute Gasteiger partial charge is 0.507 e. The van der Waals surface area contributed by atoms with Gasteiger partial charge in [0.25, 0.3) is 5.56 Å². The Morgan fingerprint density at radius 1 is 0.983 bits per heavy atom. The second kappa shape index (κ2) is 15.2. The molecule has 60 heavy (non-hydrogen) atoms. The lowest BCUT2D eigenvalue weighted by Crippen LogP contribution is -2.73. The number of β-amino-alcohol motifs (C(OH)–C–C–N with tert-alkyl or cyclic N) is 1. The third kappa shape index (κ3) is 6.96. The maximum atomic E-state index is 14.3. The molecule has 6 aromatic rings. The summed E-state index contributed by atoms with van der Waals surface area (Å²) in [5, 5.41) is 37.2. The third-order valence-corrected chi connectivity index (χ3v) is 13.3. The Morgan fingerprint density at radius 3 is 2.42 bits per heavy atom. The topological polar surface area (TPSA) is 183 Å². The monoisotopic (exact) mass is 829 g/mol. The summed E-state index contributed by atoms with van der Waals surface area (Å²) in [6.07, 6.45) is -0.683. The van der Waals surface area contributed by atoms with Crippen LogP contribution >= 0.6 is 11.3 Å². The van der Waals surface area contributed by atoms with Gasteiger partial charge in [-0.2, -0.15) is 0 Å². The molecule has 2 aromatic carbocycles. The predicted molar refractivity (Wildman–Crippen MR) is 228 cm³/mol. The lowest BCUT2D eigenvalue weighted by atomic mass is 9.72. The number of nitrogens with zero attached hydrogens (tertiary/aromatic N) is 8. The zero-order chi connectivity index (χ0) is 42.0. The van der Waals surface area contributed by atoms with Crippen molar-refractivity contribution < 1.29 is 24.3 Å². The van der Waals surface area contributed by atoms with Gasteiger partial charge in [-0.1, -0.05) is 55.4 Å². The molecule has 9 rings (SSSR count). The molecular formula is C44H47N9O6S. The first-order valence-corrected chi connectivity index (χ1v) is 21.1. The maximum absolute atomic E-state index is 14.3. The summed E-state index contributed by atoms with van der Waals surface area (Å²) in [7, 11) is 1.72. The fraction of sp³-hybridized carbons (Fsp3) is 0.386. The van der Waals surface area contributed by atoms with E-state index in [-0.39, 0.29) is 53.5 Å². The first kappa shape index (κ1) is 39.3. The van der Waals surface area contributed by atoms with Gasteiger partial charge in [0.2, 0.25) is 11.8 Å². The number of benzene rings is 2. The number of aromatic hydroxyl groups is 1. The summed E-state index contributed by atoms with van der Waals surface area (Å²) in [5.41, 5.74) is 7.42. The highest BCUT2D eigenvalue weighted by Crippen LogP contribution is 2.44. The van der Waals surface area contributed by atoms with Gasteiger partial charge in [0.05, 0.1) is 39.4 Å². The summed E-state index contributed by atoms with van der Waals surface area (Å²) in [4.78, 5) is 52.7. The van der Waals surface area contributed by atoms with Crippen LogP contribution in [0.25, 0.3) is 32.7 Å². The van der Waals surface area contributed by atoms with Crippen molar-refractivity contribution in [1.29, 1.82) is 0 Å². The van der Waals surface area contributed by atoms with E-state index in [1.165, 1.54) is 4.90 Å². The summed E-state index contributed by atoms with van der Waals surface area (Å²) < 4.78 is 7.43. The zero-order valence-electron chi connectivity index (χ0n) is 34.1. The zero-order valence-corrected chi connectivity index (χ0v) is 34.9. The minimum absolute atomic E-state index is 0.0290. The van der Waals surface area contributed by atoms with Gasteiger partial charge in [0.1, 0.15) is 28.9 Å². The Morgan fingerprint density at radius 2 is 1.72 bits per heavy atom. The van der Waals surface area contributed by atoms with E-state index in [1.54, 1.807) is 53.3 Å². The van der Waals surface area contributed by atoms with Gasteiger partial charge < -0.3 is 39.3 Å². The number of para-hydroxylation sites is 1. The van der Waals surface area contributed by atoms with Gasteiger partial charge in [-0.15, -0.1) is 21.5 Å². The highest BCUT2D eigenvalue weighted by Gasteiger charge is 2.53. The first-order chi connectivity index (χ1) is 28.8. The Labute approximate surface area is 350 Å². The number of thiazole rings is 1. The van der Waals surface area contributed by atoms with Crippen LogP contribution < -0.4 is 20.7 Å². The van der Waals surface area contributed by atoms with Crippen LogP contribution in [0.15, 0.2) is 81.6 Å². The van der Waals surface area contributed by atoms with Crippen molar-refractivity contribution >= 4 is 45.7 Å². The number of phenols is 1. The van der Waals surface area contributed by atoms with E-state index < -0.39 is 18.1 Å². The van der Waals surface area contributed by atoms with E-state index in [2.05, 4.69) is 35.5 Å². The molecule has 3 N–H and O–H groups in total. The van der Waals surface area contributed by atoms with Gasteiger partial charge in [-0.05, 0) is 55.2 Å². The minimum Gasteiger partial charge on any atom is -0.507 e. The quantitative estimate of drug-likeness (QED) is 0.168. The van der Waals surface area contributed by atoms with Gasteiger partial charge in [0.15, 0.2) is 11.6 Å². The van der Waals surface area contributed by atoms with Crippen molar-refractivity contribution in [2.45, 2.75) is 58.2 Å². The van der Waals surface area contributed by atoms with Crippen molar-refractivity contribution in [3.63, 3.8) is 0 Å². The molecule has 15 nitrogen and oxygen atoms in total. The molecule has 7 heterocycles. The Bertz CT molecular complexity index is 2660. The maximum Gasteiger partial charge on any atom is 0.274 e. The number of likely N-dealkylation sites (tertiary alicyclic amines) is 1. The number of carbonyl (C=O) groups excluding carboxylic acids is 2. The molecule has 0 bridgehead atoms. The Balaban J connectivity index is 0.835. The van der Waals surface area contributed by atoms with E-state index in [0.29, 0.717) is 65.7 Å². The molecule has 0 saturated carbocycles. The normalized spacial score (nSPS) is 19.4. The minimum atomic E-state index is -0.831. The standard InChI is InChI=1S/C44H47N9O6S/c1-24(2)39(43(58)53-18-29(54)14-34(53)41(56)46-25(3)27-10-12-28(13-11-27)40-26(4)45-23-60-40)37-17-38(49-59-37)52-21-44(22-52)19-51(20-44)35-16-32-33(50(5)42(35)57)15-31(47-48-32)30-8-6-7-9-36(30)55/h6-13,15-17,23-25,29,34,39,54-55H,14,18-22H2,1-5H3,(H,46,56)/t25-,29+,34-,39+/m0/s1. The van der Waals surface area contributed by atoms with E-state index in [9.17, 15) is 24.6 Å². The fourth-order valence-electron chi connectivity index (χ4n) is 9.03. The van der Waals surface area contributed by atoms with E-state index in [0.717, 1.165) is 21.7 Å². The van der Waals surface area contributed by atoms with E-state index >= 15 is 0 Å². The number of pyridine rings is 1. The summed E-state index contributed by atoms with van der Waals surface area (Å²) >= 11 is 1.59. The highest BCUT2D eigenvalue weighted by atomic mass is 32.1. The van der Waals surface area contributed by atoms with Crippen LogP contribution in [0.2, 0.25) is 0 Å². The number of carbonyl (C=O) groups is 2. The number of rotatable bonds is 10. The first-order valence-electron chi connectivity index (χ1n) is 20.2. The average molecular weight is 830 g/mol. The molecule has 310 valence electrons. The predicted octanol–water partition coefficient (Wildman–Crippen LogP) is 5.03. The smallest absolute Gasteiger partial charge is 0.274 e. The number of aromatic nitrogens is 5. The number of hydrogen-bond acceptors (Lipinski definition) is 13. The molecule has 0 radical (unpaired) electrons. The molecule has 0 aliphatic carbocycles. The Hall–Kier alpha value is -6.13. The van der Waals surface area contributed by atoms with Gasteiger partial charge >= 0.3 is 0 Å². The summed E-state index contributed by atoms with van der Waals surface area (Å²) in [5.74, 6) is -0.343. The fourth-order valence-corrected chi connectivity index (χ4v) is 9.84. The molecule has 2 amide bonds. The van der Waals surface area contributed by atoms with Crippen LogP contribution in [-0.4, -0.2) is 96.7 Å². The molecule has 4 aromatic heterocycles. The highest BCUT2D eigenvalue weighted by molar-refractivity contribution is 7.13. The number of aliphatic hydroxyl groups excluding tert-OH is 1. The molecule has 3 aliphatic rings. The van der Waals surface area contributed by atoms with E-state index in [1.807, 2.05) is 69.6 Å². The SMILES string of the molecule is Cc1ncsc1-c1ccc([C@H](C)NC(=O)[C@@H]2C[C@@H](O)CN2C(=O)[C@@H](c2cc(N3CC4(C3)CN(c3cc5nnc(-c6ccccc6O)cc5n(C)c3=O)C4)no2)C(C)C)cc1. The number of anilines is 2. The van der Waals surface area contributed by atoms with Crippen molar-refractivity contribution in [3.8, 4) is 27.4 Å². The molecular weight excluding hydrogens is 783 g/mol. The summed E-state index contributed by atoms with van der Waals surface area (Å²) in [6, 6.07) is 19.1. The second-order valence-electron chi connectivity index (χ2n) is 16.9. The van der Waals surface area contributed by atoms with Crippen molar-refractivity contribution in [2.75, 3.05) is 42.5 Å². The number of nitrogens with one attached hydrogen (secondary N) is 1. The third-order valence-electron chi connectivity index (χ3n) is 12.3. The van der Waals surface area contributed by atoms with Crippen LogP contribution in [0.5, 0.6) is 5.75 Å². The Kier molecular flexibility index (Phi) is 9.94. The second-order valence-corrected chi connectivity index (χ2v) is 17.8. The molecule has 3 saturated heterocycles. The average Bonchev–Trinajstić information content (AvgIpc) is 3.96. The molecule has 16 heteroatoms. The number of amides is 2. The lowest BCUT2D eigenvalue weighted by Gasteiger charge is -2.60.